The lowest BCUT2D eigenvalue weighted by Crippen LogP contribution is -2.00. The van der Waals surface area contributed by atoms with Crippen molar-refractivity contribution in [3.05, 3.63) is 24.3 Å². The van der Waals surface area contributed by atoms with Gasteiger partial charge in [-0.1, -0.05) is 12.2 Å². The molecule has 0 bridgehead atoms. The maximum atomic E-state index is 9.83. The Morgan fingerprint density at radius 3 is 2.42 bits per heavy atom. The van der Waals surface area contributed by atoms with Gasteiger partial charge in [-0.05, 0) is 25.0 Å². The van der Waals surface area contributed by atoms with Crippen LogP contribution in [0.25, 0.3) is 0 Å². The first kappa shape index (κ1) is 10.8. The molecule has 0 fully saturated rings. The van der Waals surface area contributed by atoms with Crippen molar-refractivity contribution in [2.24, 2.45) is 0 Å². The Morgan fingerprint density at radius 2 is 1.83 bits per heavy atom. The minimum atomic E-state index is -0.605. The van der Waals surface area contributed by atoms with E-state index in [1.165, 1.54) is 18.2 Å². The molecule has 0 aromatic heterocycles. The van der Waals surface area contributed by atoms with E-state index in [-0.39, 0.29) is 0 Å². The van der Waals surface area contributed by atoms with Crippen LogP contribution in [0.3, 0.4) is 0 Å². The van der Waals surface area contributed by atoms with Crippen LogP contribution in [0.5, 0.6) is 0 Å². The van der Waals surface area contributed by atoms with Crippen molar-refractivity contribution in [1.29, 1.82) is 0 Å². The molecule has 0 aromatic carbocycles. The average Bonchev–Trinajstić information content (AvgIpc) is 2.09. The van der Waals surface area contributed by atoms with Gasteiger partial charge in [-0.3, -0.25) is 9.59 Å². The Morgan fingerprint density at radius 1 is 1.17 bits per heavy atom. The predicted molar refractivity (Wildman–Crippen MR) is 45.6 cm³/mol. The molecule has 0 aliphatic rings. The number of aliphatic hydroxyl groups is 1. The van der Waals surface area contributed by atoms with Gasteiger partial charge >= 0.3 is 0 Å². The molecule has 0 radical (unpaired) electrons. The third-order valence-electron chi connectivity index (χ3n) is 1.26. The molecule has 1 atom stereocenters. The molecule has 3 heteroatoms. The van der Waals surface area contributed by atoms with E-state index >= 15 is 0 Å². The van der Waals surface area contributed by atoms with Crippen LogP contribution in [-0.2, 0) is 9.59 Å². The topological polar surface area (TPSA) is 54.4 Å². The number of allylic oxidation sites excluding steroid dienone is 3. The molecule has 12 heavy (non-hydrogen) atoms. The fourth-order valence-corrected chi connectivity index (χ4v) is 0.689. The Kier molecular flexibility index (Phi) is 7.08. The fourth-order valence-electron chi connectivity index (χ4n) is 0.689. The highest BCUT2D eigenvalue weighted by molar-refractivity contribution is 5.65. The summed E-state index contributed by atoms with van der Waals surface area (Å²) in [6.45, 7) is 0. The molecular formula is C9H12O3. The lowest BCUT2D eigenvalue weighted by Gasteiger charge is -1.99. The summed E-state index contributed by atoms with van der Waals surface area (Å²) in [5.41, 5.74) is 0. The zero-order valence-corrected chi connectivity index (χ0v) is 6.72. The van der Waals surface area contributed by atoms with E-state index < -0.39 is 6.10 Å². The summed E-state index contributed by atoms with van der Waals surface area (Å²) in [5.74, 6) is 0. The Bertz CT molecular complexity index is 182. The number of carbonyl (C=O) groups excluding carboxylic acids is 2. The lowest BCUT2D eigenvalue weighted by molar-refractivity contribution is -0.104. The summed E-state index contributed by atoms with van der Waals surface area (Å²) in [5, 5.41) is 9.11. The molecule has 0 aromatic rings. The maximum absolute atomic E-state index is 9.83. The zero-order chi connectivity index (χ0) is 9.23. The molecular weight excluding hydrogens is 156 g/mol. The van der Waals surface area contributed by atoms with Gasteiger partial charge < -0.3 is 5.11 Å². The van der Waals surface area contributed by atoms with Gasteiger partial charge in [0.2, 0.25) is 0 Å². The molecule has 0 aliphatic carbocycles. The van der Waals surface area contributed by atoms with Gasteiger partial charge in [-0.15, -0.1) is 0 Å². The smallest absolute Gasteiger partial charge is 0.142 e. The zero-order valence-electron chi connectivity index (χ0n) is 6.72. The van der Waals surface area contributed by atoms with Crippen molar-refractivity contribution in [3.63, 3.8) is 0 Å². The highest BCUT2D eigenvalue weighted by Crippen LogP contribution is 1.98. The van der Waals surface area contributed by atoms with E-state index in [2.05, 4.69) is 0 Å². The normalized spacial score (nSPS) is 13.8. The minimum absolute atomic E-state index is 0.522. The summed E-state index contributed by atoms with van der Waals surface area (Å²) >= 11 is 0. The van der Waals surface area contributed by atoms with Crippen LogP contribution in [0.1, 0.15) is 12.8 Å². The van der Waals surface area contributed by atoms with Crippen molar-refractivity contribution in [3.8, 4) is 0 Å². The maximum Gasteiger partial charge on any atom is 0.142 e. The van der Waals surface area contributed by atoms with E-state index in [0.717, 1.165) is 0 Å². The number of hydrogen-bond donors (Lipinski definition) is 1. The van der Waals surface area contributed by atoms with Crippen LogP contribution >= 0.6 is 0 Å². The van der Waals surface area contributed by atoms with Crippen molar-refractivity contribution in [1.82, 2.24) is 0 Å². The Labute approximate surface area is 71.4 Å². The summed E-state index contributed by atoms with van der Waals surface area (Å²) in [6, 6.07) is 0. The van der Waals surface area contributed by atoms with Crippen LogP contribution in [0.2, 0.25) is 0 Å². The summed E-state index contributed by atoms with van der Waals surface area (Å²) in [7, 11) is 0. The Balaban J connectivity index is 3.49. The summed E-state index contributed by atoms with van der Waals surface area (Å²) in [6.07, 6.45) is 7.58. The molecule has 1 N–H and O–H groups in total. The molecule has 1 unspecified atom stereocenters. The molecule has 0 saturated carbocycles. The molecule has 0 saturated heterocycles. The molecule has 66 valence electrons. The van der Waals surface area contributed by atoms with E-state index in [1.807, 2.05) is 0 Å². The van der Waals surface area contributed by atoms with Gasteiger partial charge in [-0.25, -0.2) is 0 Å². The molecule has 0 rings (SSSR count). The third kappa shape index (κ3) is 6.89. The average molecular weight is 168 g/mol. The van der Waals surface area contributed by atoms with Crippen molar-refractivity contribution in [2.75, 3.05) is 0 Å². The number of carbonyl (C=O) groups is 2. The largest absolute Gasteiger partial charge is 0.389 e. The molecule has 3 nitrogen and oxygen atoms in total. The van der Waals surface area contributed by atoms with Crippen LogP contribution in [0.4, 0.5) is 0 Å². The molecule has 0 spiro atoms. The first-order chi connectivity index (χ1) is 5.81. The lowest BCUT2D eigenvalue weighted by atomic mass is 10.2. The second kappa shape index (κ2) is 7.88. The van der Waals surface area contributed by atoms with Gasteiger partial charge in [0.15, 0.2) is 0 Å². The quantitative estimate of drug-likeness (QED) is 0.467. The molecule has 0 heterocycles. The van der Waals surface area contributed by atoms with E-state index in [9.17, 15) is 9.59 Å². The predicted octanol–water partition coefficient (Wildman–Crippen LogP) is 0.638. The van der Waals surface area contributed by atoms with Gasteiger partial charge in [-0.2, -0.15) is 0 Å². The Hall–Kier alpha value is -1.22. The second-order valence-corrected chi connectivity index (χ2v) is 2.23. The van der Waals surface area contributed by atoms with Gasteiger partial charge in [0.05, 0.1) is 6.10 Å². The highest BCUT2D eigenvalue weighted by atomic mass is 16.3. The van der Waals surface area contributed by atoms with Crippen molar-refractivity contribution >= 4 is 12.6 Å². The van der Waals surface area contributed by atoms with E-state index in [1.54, 1.807) is 6.08 Å². The van der Waals surface area contributed by atoms with Crippen LogP contribution in [0, 0.1) is 0 Å². The monoisotopic (exact) mass is 168 g/mol. The van der Waals surface area contributed by atoms with E-state index in [4.69, 9.17) is 5.11 Å². The van der Waals surface area contributed by atoms with Crippen LogP contribution in [0.15, 0.2) is 24.3 Å². The minimum Gasteiger partial charge on any atom is -0.389 e. The third-order valence-corrected chi connectivity index (χ3v) is 1.26. The summed E-state index contributed by atoms with van der Waals surface area (Å²) < 4.78 is 0. The van der Waals surface area contributed by atoms with Crippen molar-refractivity contribution < 1.29 is 14.7 Å². The van der Waals surface area contributed by atoms with Crippen LogP contribution in [-0.4, -0.2) is 23.8 Å². The van der Waals surface area contributed by atoms with Crippen LogP contribution < -0.4 is 0 Å². The highest BCUT2D eigenvalue weighted by Gasteiger charge is 1.94. The first-order valence-corrected chi connectivity index (χ1v) is 3.71. The standard InChI is InChI=1S/C9H12O3/c10-7-3-1-2-5-9(12)6-4-8-11/h1,3-4,6-9,12H,2,5H2. The molecule has 0 aliphatic heterocycles. The van der Waals surface area contributed by atoms with Crippen molar-refractivity contribution in [2.45, 2.75) is 18.9 Å². The van der Waals surface area contributed by atoms with Gasteiger partial charge in [0.25, 0.3) is 0 Å². The number of rotatable bonds is 6. The summed E-state index contributed by atoms with van der Waals surface area (Å²) in [4.78, 5) is 19.6. The molecule has 0 amide bonds. The SMILES string of the molecule is O=CC=CCCC(O)C=CC=O. The first-order valence-electron chi connectivity index (χ1n) is 3.71. The van der Waals surface area contributed by atoms with Gasteiger partial charge in [0.1, 0.15) is 12.6 Å². The fraction of sp³-hybridized carbons (Fsp3) is 0.333. The number of aliphatic hydroxyl groups excluding tert-OH is 1. The number of aldehydes is 2. The van der Waals surface area contributed by atoms with E-state index in [0.29, 0.717) is 25.4 Å². The number of hydrogen-bond acceptors (Lipinski definition) is 3. The second-order valence-electron chi connectivity index (χ2n) is 2.23. The van der Waals surface area contributed by atoms with Gasteiger partial charge in [0, 0.05) is 0 Å².